The van der Waals surface area contributed by atoms with Gasteiger partial charge in [0.25, 0.3) is 5.91 Å². The lowest BCUT2D eigenvalue weighted by molar-refractivity contribution is 0.0665. The lowest BCUT2D eigenvalue weighted by Gasteiger charge is -2.22. The van der Waals surface area contributed by atoms with E-state index in [2.05, 4.69) is 35.3 Å². The molecule has 0 unspecified atom stereocenters. The lowest BCUT2D eigenvalue weighted by Crippen LogP contribution is -2.32. The second kappa shape index (κ2) is 12.0. The van der Waals surface area contributed by atoms with Gasteiger partial charge >= 0.3 is 0 Å². The fourth-order valence-electron chi connectivity index (χ4n) is 4.82. The number of fused-ring (bicyclic) bond motifs is 1. The predicted octanol–water partition coefficient (Wildman–Crippen LogP) is 4.31. The minimum atomic E-state index is -0.405. The number of aryl methyl sites for hydroxylation is 1. The van der Waals surface area contributed by atoms with Crippen LogP contribution in [0, 0.1) is 5.92 Å². The minimum absolute atomic E-state index is 0.0820. The Kier molecular flexibility index (Phi) is 8.77. The standard InChI is InChI=1S/C28H35ClN4O3/c1-32(2)12-4-5-22-16-21(15-19-10-13-36-14-11-19)17-24-25(22)30-31-26(27(24)34)28(35)33(3)18-20-6-8-23(29)9-7-20/h6-9,16-17,19H,4-5,10-15,18H2,1-3H3,(H,30,34). The number of nitrogens with one attached hydrogen (secondary N) is 1. The topological polar surface area (TPSA) is 78.5 Å². The first-order chi connectivity index (χ1) is 17.3. The van der Waals surface area contributed by atoms with Crippen molar-refractivity contribution in [2.45, 2.75) is 38.6 Å². The van der Waals surface area contributed by atoms with Crippen LogP contribution in [0.5, 0.6) is 0 Å². The van der Waals surface area contributed by atoms with Crippen molar-refractivity contribution in [2.75, 3.05) is 40.9 Å². The van der Waals surface area contributed by atoms with E-state index in [1.807, 2.05) is 18.2 Å². The van der Waals surface area contributed by atoms with Crippen molar-refractivity contribution in [3.8, 4) is 0 Å². The first-order valence-corrected chi connectivity index (χ1v) is 13.0. The van der Waals surface area contributed by atoms with Gasteiger partial charge in [0.1, 0.15) is 0 Å². The molecular weight excluding hydrogens is 476 g/mol. The number of aromatic amines is 1. The molecule has 192 valence electrons. The highest BCUT2D eigenvalue weighted by Gasteiger charge is 2.22. The van der Waals surface area contributed by atoms with E-state index in [4.69, 9.17) is 16.3 Å². The molecule has 1 aliphatic rings. The number of nitrogens with zero attached hydrogens (tertiary/aromatic N) is 3. The number of H-pyrrole nitrogens is 1. The maximum absolute atomic E-state index is 13.6. The molecule has 0 bridgehead atoms. The number of halogens is 1. The third kappa shape index (κ3) is 6.52. The van der Waals surface area contributed by atoms with Crippen LogP contribution in [0.25, 0.3) is 10.9 Å². The Morgan fingerprint density at radius 2 is 1.83 bits per heavy atom. The number of aromatic nitrogens is 2. The van der Waals surface area contributed by atoms with Gasteiger partial charge in [0.2, 0.25) is 5.43 Å². The number of carbonyl (C=O) groups excluding carboxylic acids is 1. The van der Waals surface area contributed by atoms with E-state index in [1.54, 1.807) is 19.2 Å². The van der Waals surface area contributed by atoms with Gasteiger partial charge < -0.3 is 14.5 Å². The average Bonchev–Trinajstić information content (AvgIpc) is 2.86. The van der Waals surface area contributed by atoms with Crippen molar-refractivity contribution in [2.24, 2.45) is 5.92 Å². The minimum Gasteiger partial charge on any atom is -0.381 e. The van der Waals surface area contributed by atoms with Crippen LogP contribution in [0.3, 0.4) is 0 Å². The number of benzene rings is 2. The van der Waals surface area contributed by atoms with Crippen molar-refractivity contribution in [3.63, 3.8) is 0 Å². The number of ether oxygens (including phenoxy) is 1. The van der Waals surface area contributed by atoms with Crippen LogP contribution in [0.2, 0.25) is 5.02 Å². The molecule has 7 nitrogen and oxygen atoms in total. The second-order valence-corrected chi connectivity index (χ2v) is 10.5. The molecule has 0 aliphatic carbocycles. The van der Waals surface area contributed by atoms with Gasteiger partial charge in [-0.2, -0.15) is 5.10 Å². The highest BCUT2D eigenvalue weighted by Crippen LogP contribution is 2.25. The van der Waals surface area contributed by atoms with Crippen LogP contribution in [-0.4, -0.2) is 66.8 Å². The van der Waals surface area contributed by atoms with Crippen molar-refractivity contribution in [1.29, 1.82) is 0 Å². The molecule has 1 N–H and O–H groups in total. The van der Waals surface area contributed by atoms with Gasteiger partial charge in [0, 0.05) is 31.8 Å². The molecule has 2 heterocycles. The van der Waals surface area contributed by atoms with E-state index in [0.29, 0.717) is 22.9 Å². The van der Waals surface area contributed by atoms with Gasteiger partial charge in [-0.05, 0) is 93.6 Å². The maximum atomic E-state index is 13.6. The summed E-state index contributed by atoms with van der Waals surface area (Å²) in [5.41, 5.74) is 3.47. The molecule has 36 heavy (non-hydrogen) atoms. The van der Waals surface area contributed by atoms with E-state index in [1.165, 1.54) is 4.90 Å². The van der Waals surface area contributed by atoms with E-state index in [-0.39, 0.29) is 11.1 Å². The summed E-state index contributed by atoms with van der Waals surface area (Å²) in [5.74, 6) is 0.135. The summed E-state index contributed by atoms with van der Waals surface area (Å²) in [6.45, 7) is 2.89. The van der Waals surface area contributed by atoms with Crippen LogP contribution >= 0.6 is 11.6 Å². The highest BCUT2D eigenvalue weighted by molar-refractivity contribution is 6.30. The first kappa shape index (κ1) is 26.3. The molecule has 1 amide bonds. The molecule has 8 heteroatoms. The largest absolute Gasteiger partial charge is 0.381 e. The zero-order chi connectivity index (χ0) is 25.7. The van der Waals surface area contributed by atoms with Crippen molar-refractivity contribution >= 4 is 28.4 Å². The van der Waals surface area contributed by atoms with Crippen LogP contribution in [-0.2, 0) is 24.1 Å². The maximum Gasteiger partial charge on any atom is 0.278 e. The van der Waals surface area contributed by atoms with Crippen molar-refractivity contribution in [1.82, 2.24) is 20.0 Å². The molecule has 1 aliphatic heterocycles. The molecule has 0 radical (unpaired) electrons. The summed E-state index contributed by atoms with van der Waals surface area (Å²) in [6.07, 6.45) is 4.76. The molecule has 3 aromatic rings. The number of hydrogen-bond donors (Lipinski definition) is 1. The fourth-order valence-corrected chi connectivity index (χ4v) is 4.94. The Morgan fingerprint density at radius 3 is 2.53 bits per heavy atom. The summed E-state index contributed by atoms with van der Waals surface area (Å²) < 4.78 is 5.52. The van der Waals surface area contributed by atoms with Gasteiger partial charge in [-0.3, -0.25) is 14.7 Å². The molecule has 0 saturated carbocycles. The van der Waals surface area contributed by atoms with Crippen LogP contribution < -0.4 is 5.43 Å². The lowest BCUT2D eigenvalue weighted by atomic mass is 9.90. The number of carbonyl (C=O) groups is 1. The van der Waals surface area contributed by atoms with E-state index >= 15 is 0 Å². The zero-order valence-corrected chi connectivity index (χ0v) is 22.1. The quantitative estimate of drug-likeness (QED) is 0.464. The molecule has 1 aromatic heterocycles. The van der Waals surface area contributed by atoms with E-state index < -0.39 is 5.91 Å². The average molecular weight is 511 g/mol. The van der Waals surface area contributed by atoms with Gasteiger partial charge in [-0.15, -0.1) is 0 Å². The fraction of sp³-hybridized carbons (Fsp3) is 0.464. The van der Waals surface area contributed by atoms with Crippen molar-refractivity contribution in [3.05, 3.63) is 74.0 Å². The van der Waals surface area contributed by atoms with Crippen LogP contribution in [0.4, 0.5) is 0 Å². The smallest absolute Gasteiger partial charge is 0.278 e. The molecule has 4 rings (SSSR count). The van der Waals surface area contributed by atoms with E-state index in [9.17, 15) is 9.59 Å². The highest BCUT2D eigenvalue weighted by atomic mass is 35.5. The third-order valence-electron chi connectivity index (χ3n) is 6.82. The van der Waals surface area contributed by atoms with Crippen LogP contribution in [0.15, 0.2) is 41.2 Å². The third-order valence-corrected chi connectivity index (χ3v) is 7.07. The second-order valence-electron chi connectivity index (χ2n) is 10.0. The number of amides is 1. The van der Waals surface area contributed by atoms with Gasteiger partial charge in [-0.1, -0.05) is 29.8 Å². The van der Waals surface area contributed by atoms with Crippen molar-refractivity contribution < 1.29 is 9.53 Å². The van der Waals surface area contributed by atoms with Crippen LogP contribution in [0.1, 0.15) is 46.4 Å². The molecule has 2 aromatic carbocycles. The normalized spacial score (nSPS) is 14.5. The van der Waals surface area contributed by atoms with Gasteiger partial charge in [0.15, 0.2) is 5.69 Å². The molecule has 1 fully saturated rings. The number of hydrogen-bond acceptors (Lipinski definition) is 5. The Bertz CT molecular complexity index is 1250. The monoisotopic (exact) mass is 510 g/mol. The summed E-state index contributed by atoms with van der Waals surface area (Å²) in [6, 6.07) is 11.5. The zero-order valence-electron chi connectivity index (χ0n) is 21.3. The van der Waals surface area contributed by atoms with Gasteiger partial charge in [-0.25, -0.2) is 0 Å². The summed E-state index contributed by atoms with van der Waals surface area (Å²) in [7, 11) is 5.79. The summed E-state index contributed by atoms with van der Waals surface area (Å²) in [5, 5.41) is 8.49. The Morgan fingerprint density at radius 1 is 1.11 bits per heavy atom. The molecule has 1 saturated heterocycles. The van der Waals surface area contributed by atoms with E-state index in [0.717, 1.165) is 74.1 Å². The first-order valence-electron chi connectivity index (χ1n) is 12.6. The SMILES string of the molecule is CN(C)CCCc1cc(CC2CCOCC2)cc2c(=O)c(C(=O)N(C)Cc3ccc(Cl)cc3)n[nH]c12. The Labute approximate surface area is 217 Å². The Balaban J connectivity index is 1.65. The molecular formula is C28H35ClN4O3. The van der Waals surface area contributed by atoms with Gasteiger partial charge in [0.05, 0.1) is 10.9 Å². The molecule has 0 atom stereocenters. The number of rotatable bonds is 9. The molecule has 0 spiro atoms. The summed E-state index contributed by atoms with van der Waals surface area (Å²) in [4.78, 5) is 30.5. The predicted molar refractivity (Wildman–Crippen MR) is 144 cm³/mol. The Hall–Kier alpha value is -2.74. The summed E-state index contributed by atoms with van der Waals surface area (Å²) >= 11 is 5.97.